The van der Waals surface area contributed by atoms with E-state index in [0.29, 0.717) is 5.75 Å². The van der Waals surface area contributed by atoms with Crippen molar-refractivity contribution in [2.24, 2.45) is 0 Å². The molecule has 0 saturated heterocycles. The van der Waals surface area contributed by atoms with E-state index in [4.69, 9.17) is 0 Å². The molecule has 20 heavy (non-hydrogen) atoms. The van der Waals surface area contributed by atoms with Gasteiger partial charge >= 0.3 is 0 Å². The minimum atomic E-state index is -0.180. The second-order valence-electron chi connectivity index (χ2n) is 6.01. The van der Waals surface area contributed by atoms with Gasteiger partial charge in [-0.2, -0.15) is 0 Å². The second kappa shape index (κ2) is 4.86. The molecule has 0 atom stereocenters. The largest absolute Gasteiger partial charge is 0.508 e. The SMILES string of the molecule is Cc1cc(O)c(C)c(C)c1C(C)(C)c1ccc(O)cc1. The second-order valence-corrected chi connectivity index (χ2v) is 6.01. The molecule has 106 valence electrons. The van der Waals surface area contributed by atoms with Crippen LogP contribution in [-0.4, -0.2) is 10.2 Å². The van der Waals surface area contributed by atoms with Gasteiger partial charge in [0.05, 0.1) is 0 Å². The summed E-state index contributed by atoms with van der Waals surface area (Å²) in [5, 5.41) is 19.4. The standard InChI is InChI=1S/C18H22O2/c1-11-10-16(20)12(2)13(3)17(11)18(4,5)14-6-8-15(19)9-7-14/h6-10,19-20H,1-5H3. The molecule has 0 aromatic heterocycles. The lowest BCUT2D eigenvalue weighted by Crippen LogP contribution is -2.22. The number of aryl methyl sites for hydroxylation is 1. The first-order valence-electron chi connectivity index (χ1n) is 6.85. The number of phenols is 2. The molecule has 2 aromatic rings. The number of benzene rings is 2. The quantitative estimate of drug-likeness (QED) is 0.851. The van der Waals surface area contributed by atoms with E-state index in [9.17, 15) is 10.2 Å². The molecule has 0 unspecified atom stereocenters. The van der Waals surface area contributed by atoms with Crippen LogP contribution in [0.4, 0.5) is 0 Å². The van der Waals surface area contributed by atoms with E-state index in [0.717, 1.165) is 22.3 Å². The molecule has 0 amide bonds. The van der Waals surface area contributed by atoms with E-state index >= 15 is 0 Å². The van der Waals surface area contributed by atoms with Gasteiger partial charge in [0.25, 0.3) is 0 Å². The van der Waals surface area contributed by atoms with Gasteiger partial charge in [-0.05, 0) is 66.8 Å². The molecule has 0 saturated carbocycles. The van der Waals surface area contributed by atoms with E-state index in [1.165, 1.54) is 5.56 Å². The van der Waals surface area contributed by atoms with Crippen LogP contribution in [0.15, 0.2) is 30.3 Å². The number of hydrogen-bond donors (Lipinski definition) is 2. The Morgan fingerprint density at radius 2 is 1.40 bits per heavy atom. The number of hydrogen-bond acceptors (Lipinski definition) is 2. The third-order valence-electron chi connectivity index (χ3n) is 4.28. The van der Waals surface area contributed by atoms with Gasteiger partial charge in [-0.1, -0.05) is 26.0 Å². The van der Waals surface area contributed by atoms with E-state index in [1.807, 2.05) is 32.0 Å². The van der Waals surface area contributed by atoms with Crippen molar-refractivity contribution < 1.29 is 10.2 Å². The van der Waals surface area contributed by atoms with E-state index in [2.05, 4.69) is 20.8 Å². The molecular weight excluding hydrogens is 248 g/mol. The summed E-state index contributed by atoms with van der Waals surface area (Å²) >= 11 is 0. The molecule has 0 aliphatic carbocycles. The van der Waals surface area contributed by atoms with Crippen LogP contribution in [0.1, 0.15) is 41.7 Å². The van der Waals surface area contributed by atoms with Crippen LogP contribution in [0, 0.1) is 20.8 Å². The highest BCUT2D eigenvalue weighted by molar-refractivity contribution is 5.53. The van der Waals surface area contributed by atoms with Crippen molar-refractivity contribution in [1.82, 2.24) is 0 Å². The van der Waals surface area contributed by atoms with Crippen molar-refractivity contribution in [2.75, 3.05) is 0 Å². The summed E-state index contributed by atoms with van der Waals surface area (Å²) in [7, 11) is 0. The summed E-state index contributed by atoms with van der Waals surface area (Å²) in [5.74, 6) is 0.630. The predicted octanol–water partition coefficient (Wildman–Crippen LogP) is 4.35. The number of phenolic OH excluding ortho intramolecular Hbond substituents is 2. The highest BCUT2D eigenvalue weighted by Gasteiger charge is 2.28. The molecule has 0 aliphatic rings. The van der Waals surface area contributed by atoms with Crippen LogP contribution in [0.5, 0.6) is 11.5 Å². The molecule has 2 nitrogen and oxygen atoms in total. The van der Waals surface area contributed by atoms with Crippen molar-refractivity contribution >= 4 is 0 Å². The number of rotatable bonds is 2. The molecule has 2 rings (SSSR count). The van der Waals surface area contributed by atoms with Gasteiger partial charge in [0.1, 0.15) is 11.5 Å². The first kappa shape index (κ1) is 14.4. The van der Waals surface area contributed by atoms with Gasteiger partial charge in [0.15, 0.2) is 0 Å². The maximum atomic E-state index is 9.95. The van der Waals surface area contributed by atoms with Crippen LogP contribution in [-0.2, 0) is 5.41 Å². The van der Waals surface area contributed by atoms with Gasteiger partial charge in [-0.3, -0.25) is 0 Å². The third kappa shape index (κ3) is 2.26. The molecule has 0 radical (unpaired) electrons. The topological polar surface area (TPSA) is 40.5 Å². The first-order chi connectivity index (χ1) is 9.25. The lowest BCUT2D eigenvalue weighted by molar-refractivity contribution is 0.468. The van der Waals surface area contributed by atoms with Crippen molar-refractivity contribution in [2.45, 2.75) is 40.0 Å². The van der Waals surface area contributed by atoms with Crippen LogP contribution in [0.3, 0.4) is 0 Å². The molecule has 0 bridgehead atoms. The highest BCUT2D eigenvalue weighted by atomic mass is 16.3. The lowest BCUT2D eigenvalue weighted by Gasteiger charge is -2.31. The molecule has 2 aromatic carbocycles. The smallest absolute Gasteiger partial charge is 0.119 e. The molecule has 0 aliphatic heterocycles. The summed E-state index contributed by atoms with van der Waals surface area (Å²) in [4.78, 5) is 0. The summed E-state index contributed by atoms with van der Waals surface area (Å²) in [6.07, 6.45) is 0. The maximum absolute atomic E-state index is 9.95. The summed E-state index contributed by atoms with van der Waals surface area (Å²) < 4.78 is 0. The molecule has 2 N–H and O–H groups in total. The van der Waals surface area contributed by atoms with Gasteiger partial charge in [0.2, 0.25) is 0 Å². The normalized spacial score (nSPS) is 11.7. The summed E-state index contributed by atoms with van der Waals surface area (Å²) in [5.41, 5.74) is 5.34. The third-order valence-corrected chi connectivity index (χ3v) is 4.28. The Morgan fingerprint density at radius 1 is 0.850 bits per heavy atom. The Labute approximate surface area is 120 Å². The Hall–Kier alpha value is -1.96. The van der Waals surface area contributed by atoms with Crippen molar-refractivity contribution in [3.8, 4) is 11.5 Å². The van der Waals surface area contributed by atoms with Crippen molar-refractivity contribution in [3.05, 3.63) is 58.1 Å². The van der Waals surface area contributed by atoms with Crippen LogP contribution in [0.25, 0.3) is 0 Å². The Kier molecular flexibility index (Phi) is 3.51. The van der Waals surface area contributed by atoms with E-state index in [-0.39, 0.29) is 11.2 Å². The monoisotopic (exact) mass is 270 g/mol. The van der Waals surface area contributed by atoms with Crippen LogP contribution in [0.2, 0.25) is 0 Å². The molecule has 0 spiro atoms. The summed E-state index contributed by atoms with van der Waals surface area (Å²) in [6.45, 7) is 10.4. The minimum Gasteiger partial charge on any atom is -0.508 e. The molecule has 2 heteroatoms. The Bertz CT molecular complexity index is 637. The van der Waals surface area contributed by atoms with E-state index < -0.39 is 0 Å². The average molecular weight is 270 g/mol. The van der Waals surface area contributed by atoms with Crippen molar-refractivity contribution in [1.29, 1.82) is 0 Å². The minimum absolute atomic E-state index is 0.180. The van der Waals surface area contributed by atoms with Gasteiger partial charge in [-0.15, -0.1) is 0 Å². The lowest BCUT2D eigenvalue weighted by atomic mass is 9.73. The Morgan fingerprint density at radius 3 is 1.95 bits per heavy atom. The van der Waals surface area contributed by atoms with Gasteiger partial charge < -0.3 is 10.2 Å². The molecule has 0 fully saturated rings. The zero-order chi connectivity index (χ0) is 15.1. The highest BCUT2D eigenvalue weighted by Crippen LogP contribution is 2.39. The van der Waals surface area contributed by atoms with Gasteiger partial charge in [0, 0.05) is 5.41 Å². The van der Waals surface area contributed by atoms with Crippen molar-refractivity contribution in [3.63, 3.8) is 0 Å². The molecule has 0 heterocycles. The first-order valence-corrected chi connectivity index (χ1v) is 6.85. The Balaban J connectivity index is 2.66. The van der Waals surface area contributed by atoms with E-state index in [1.54, 1.807) is 12.1 Å². The predicted molar refractivity (Wildman–Crippen MR) is 82.6 cm³/mol. The fourth-order valence-electron chi connectivity index (χ4n) is 3.04. The zero-order valence-corrected chi connectivity index (χ0v) is 12.8. The average Bonchev–Trinajstić information content (AvgIpc) is 2.36. The van der Waals surface area contributed by atoms with Crippen LogP contribution >= 0.6 is 0 Å². The van der Waals surface area contributed by atoms with Crippen LogP contribution < -0.4 is 0 Å². The summed E-state index contributed by atoms with van der Waals surface area (Å²) in [6, 6.07) is 9.18. The maximum Gasteiger partial charge on any atom is 0.119 e. The fourth-order valence-corrected chi connectivity index (χ4v) is 3.04. The zero-order valence-electron chi connectivity index (χ0n) is 12.8. The molecular formula is C18H22O2. The number of aromatic hydroxyl groups is 2. The fraction of sp³-hybridized carbons (Fsp3) is 0.333. The van der Waals surface area contributed by atoms with Gasteiger partial charge in [-0.25, -0.2) is 0 Å².